The fourth-order valence-electron chi connectivity index (χ4n) is 3.53. The molecule has 1 atom stereocenters. The molecule has 1 aromatic carbocycles. The number of rotatable bonds is 4. The van der Waals surface area contributed by atoms with Crippen LogP contribution in [0.3, 0.4) is 0 Å². The number of nitrogens with zero attached hydrogens (tertiary/aromatic N) is 4. The normalized spacial score (nSPS) is 20.0. The fourth-order valence-corrected chi connectivity index (χ4v) is 3.53. The number of anilines is 3. The second-order valence-corrected chi connectivity index (χ2v) is 7.00. The summed E-state index contributed by atoms with van der Waals surface area (Å²) in [6, 6.07) is 11.9. The number of para-hydroxylation sites is 1. The van der Waals surface area contributed by atoms with E-state index in [-0.39, 0.29) is 12.0 Å². The summed E-state index contributed by atoms with van der Waals surface area (Å²) in [5.74, 6) is 1.61. The van der Waals surface area contributed by atoms with Gasteiger partial charge in [0.25, 0.3) is 5.91 Å². The molecule has 1 aromatic heterocycles. The van der Waals surface area contributed by atoms with E-state index in [1.54, 1.807) is 0 Å². The molecule has 0 spiro atoms. The molecule has 1 unspecified atom stereocenters. The summed E-state index contributed by atoms with van der Waals surface area (Å²) in [7, 11) is 0. The van der Waals surface area contributed by atoms with Gasteiger partial charge in [0.05, 0.1) is 0 Å². The number of aromatic nitrogens is 2. The Hall–Kier alpha value is -2.67. The minimum Gasteiger partial charge on any atom is -0.368 e. The number of ether oxygens (including phenoxy) is 1. The first-order valence-corrected chi connectivity index (χ1v) is 9.52. The van der Waals surface area contributed by atoms with E-state index in [0.717, 1.165) is 43.1 Å². The van der Waals surface area contributed by atoms with Gasteiger partial charge >= 0.3 is 0 Å². The molecule has 27 heavy (non-hydrogen) atoms. The summed E-state index contributed by atoms with van der Waals surface area (Å²) in [5.41, 5.74) is 1.91. The highest BCUT2D eigenvalue weighted by Crippen LogP contribution is 2.20. The van der Waals surface area contributed by atoms with Crippen LogP contribution in [0.5, 0.6) is 0 Å². The smallest absolute Gasteiger partial charge is 0.251 e. The van der Waals surface area contributed by atoms with Crippen molar-refractivity contribution in [3.63, 3.8) is 0 Å². The summed E-state index contributed by atoms with van der Waals surface area (Å²) in [4.78, 5) is 25.8. The minimum atomic E-state index is -0.242. The zero-order valence-electron chi connectivity index (χ0n) is 15.6. The SMILES string of the molecule is Cc1cc(Nc2ccccc2)nc(N2CCN(C(=O)C3CCCO3)CC2)n1. The third-order valence-electron chi connectivity index (χ3n) is 4.97. The summed E-state index contributed by atoms with van der Waals surface area (Å²) in [6.45, 7) is 5.48. The molecule has 0 saturated carbocycles. The number of aryl methyl sites for hydroxylation is 1. The van der Waals surface area contributed by atoms with Crippen LogP contribution in [0.4, 0.5) is 17.5 Å². The quantitative estimate of drug-likeness (QED) is 0.895. The van der Waals surface area contributed by atoms with Crippen molar-refractivity contribution in [2.75, 3.05) is 43.0 Å². The lowest BCUT2D eigenvalue weighted by atomic mass is 10.2. The Labute approximate surface area is 159 Å². The van der Waals surface area contributed by atoms with E-state index >= 15 is 0 Å². The average Bonchev–Trinajstić information content (AvgIpc) is 3.23. The second-order valence-electron chi connectivity index (χ2n) is 7.00. The first-order chi connectivity index (χ1) is 13.2. The largest absolute Gasteiger partial charge is 0.368 e. The summed E-state index contributed by atoms with van der Waals surface area (Å²) < 4.78 is 5.53. The molecule has 4 rings (SSSR count). The Bertz CT molecular complexity index is 784. The van der Waals surface area contributed by atoms with Gasteiger partial charge < -0.3 is 19.9 Å². The molecule has 2 aromatic rings. The molecule has 0 bridgehead atoms. The van der Waals surface area contributed by atoms with E-state index < -0.39 is 0 Å². The van der Waals surface area contributed by atoms with Crippen LogP contribution in [0.15, 0.2) is 36.4 Å². The maximum absolute atomic E-state index is 12.5. The van der Waals surface area contributed by atoms with Gasteiger partial charge in [0.1, 0.15) is 11.9 Å². The van der Waals surface area contributed by atoms with Gasteiger partial charge in [0, 0.05) is 50.2 Å². The topological polar surface area (TPSA) is 70.6 Å². The van der Waals surface area contributed by atoms with Crippen molar-refractivity contribution < 1.29 is 9.53 Å². The number of carbonyl (C=O) groups is 1. The van der Waals surface area contributed by atoms with E-state index in [1.165, 1.54) is 0 Å². The Balaban J connectivity index is 1.41. The zero-order valence-corrected chi connectivity index (χ0v) is 15.6. The van der Waals surface area contributed by atoms with Crippen LogP contribution in [0.1, 0.15) is 18.5 Å². The molecule has 2 fully saturated rings. The van der Waals surface area contributed by atoms with Crippen LogP contribution in [-0.2, 0) is 9.53 Å². The molecule has 142 valence electrons. The maximum Gasteiger partial charge on any atom is 0.251 e. The summed E-state index contributed by atoms with van der Waals surface area (Å²) in [6.07, 6.45) is 1.58. The highest BCUT2D eigenvalue weighted by molar-refractivity contribution is 5.81. The van der Waals surface area contributed by atoms with E-state index in [0.29, 0.717) is 25.6 Å². The zero-order chi connectivity index (χ0) is 18.6. The Morgan fingerprint density at radius 2 is 1.93 bits per heavy atom. The number of piperazine rings is 1. The second kappa shape index (κ2) is 7.92. The lowest BCUT2D eigenvalue weighted by Gasteiger charge is -2.35. The molecule has 1 N–H and O–H groups in total. The fraction of sp³-hybridized carbons (Fsp3) is 0.450. The van der Waals surface area contributed by atoms with Crippen molar-refractivity contribution in [1.29, 1.82) is 0 Å². The Morgan fingerprint density at radius 1 is 1.15 bits per heavy atom. The molecule has 0 radical (unpaired) electrons. The van der Waals surface area contributed by atoms with Crippen molar-refractivity contribution in [2.24, 2.45) is 0 Å². The molecule has 2 aliphatic heterocycles. The van der Waals surface area contributed by atoms with Gasteiger partial charge in [-0.1, -0.05) is 18.2 Å². The minimum absolute atomic E-state index is 0.128. The van der Waals surface area contributed by atoms with Crippen LogP contribution in [0.25, 0.3) is 0 Å². The van der Waals surface area contributed by atoms with Gasteiger partial charge in [-0.3, -0.25) is 4.79 Å². The molecule has 0 aliphatic carbocycles. The Kier molecular flexibility index (Phi) is 5.20. The lowest BCUT2D eigenvalue weighted by molar-refractivity contribution is -0.141. The van der Waals surface area contributed by atoms with Gasteiger partial charge in [-0.25, -0.2) is 4.98 Å². The number of carbonyl (C=O) groups excluding carboxylic acids is 1. The predicted octanol–water partition coefficient (Wildman–Crippen LogP) is 2.36. The molecule has 3 heterocycles. The first-order valence-electron chi connectivity index (χ1n) is 9.52. The third-order valence-corrected chi connectivity index (χ3v) is 4.97. The van der Waals surface area contributed by atoms with Crippen molar-refractivity contribution in [3.8, 4) is 0 Å². The maximum atomic E-state index is 12.5. The average molecular weight is 367 g/mol. The van der Waals surface area contributed by atoms with Crippen molar-refractivity contribution in [2.45, 2.75) is 25.9 Å². The number of amides is 1. The molecule has 2 aliphatic rings. The van der Waals surface area contributed by atoms with Crippen molar-refractivity contribution in [3.05, 3.63) is 42.1 Å². The van der Waals surface area contributed by atoms with Crippen LogP contribution in [-0.4, -0.2) is 59.7 Å². The molecule has 1 amide bonds. The van der Waals surface area contributed by atoms with Crippen LogP contribution < -0.4 is 10.2 Å². The number of benzene rings is 1. The van der Waals surface area contributed by atoms with Crippen molar-refractivity contribution in [1.82, 2.24) is 14.9 Å². The Morgan fingerprint density at radius 3 is 2.63 bits per heavy atom. The lowest BCUT2D eigenvalue weighted by Crippen LogP contribution is -2.51. The highest BCUT2D eigenvalue weighted by atomic mass is 16.5. The molecular formula is C20H25N5O2. The van der Waals surface area contributed by atoms with Gasteiger partial charge in [-0.2, -0.15) is 4.98 Å². The standard InChI is InChI=1S/C20H25N5O2/c1-15-14-18(22-16-6-3-2-4-7-16)23-20(21-15)25-11-9-24(10-12-25)19(26)17-8-5-13-27-17/h2-4,6-7,14,17H,5,8-13H2,1H3,(H,21,22,23). The molecular weight excluding hydrogens is 342 g/mol. The van der Waals surface area contributed by atoms with E-state index in [1.807, 2.05) is 48.2 Å². The van der Waals surface area contributed by atoms with E-state index in [2.05, 4.69) is 20.2 Å². The van der Waals surface area contributed by atoms with Crippen LogP contribution >= 0.6 is 0 Å². The van der Waals surface area contributed by atoms with E-state index in [9.17, 15) is 4.79 Å². The van der Waals surface area contributed by atoms with E-state index in [4.69, 9.17) is 4.74 Å². The molecule has 2 saturated heterocycles. The highest BCUT2D eigenvalue weighted by Gasteiger charge is 2.30. The summed E-state index contributed by atoms with van der Waals surface area (Å²) >= 11 is 0. The third kappa shape index (κ3) is 4.19. The van der Waals surface area contributed by atoms with Crippen LogP contribution in [0, 0.1) is 6.92 Å². The monoisotopic (exact) mass is 367 g/mol. The molecule has 7 nitrogen and oxygen atoms in total. The van der Waals surface area contributed by atoms with Gasteiger partial charge in [-0.15, -0.1) is 0 Å². The van der Waals surface area contributed by atoms with Gasteiger partial charge in [-0.05, 0) is 31.9 Å². The van der Waals surface area contributed by atoms with Crippen LogP contribution in [0.2, 0.25) is 0 Å². The molecule has 7 heteroatoms. The number of hydrogen-bond acceptors (Lipinski definition) is 6. The number of nitrogens with one attached hydrogen (secondary N) is 1. The summed E-state index contributed by atoms with van der Waals surface area (Å²) in [5, 5.41) is 3.33. The number of hydrogen-bond donors (Lipinski definition) is 1. The van der Waals surface area contributed by atoms with Gasteiger partial charge in [0.2, 0.25) is 5.95 Å². The van der Waals surface area contributed by atoms with Gasteiger partial charge in [0.15, 0.2) is 0 Å². The van der Waals surface area contributed by atoms with Crippen molar-refractivity contribution >= 4 is 23.4 Å². The predicted molar refractivity (Wildman–Crippen MR) is 104 cm³/mol. The first kappa shape index (κ1) is 17.7.